The molecule has 296 valence electrons. The lowest BCUT2D eigenvalue weighted by atomic mass is 9.68. The van der Waals surface area contributed by atoms with Gasteiger partial charge in [0.1, 0.15) is 0 Å². The second-order valence-corrected chi connectivity index (χ2v) is 16.4. The molecule has 63 heavy (non-hydrogen) atoms. The maximum absolute atomic E-state index is 2.52. The number of fused-ring (bicyclic) bond motifs is 6. The molecule has 2 nitrogen and oxygen atoms in total. The topological polar surface area (TPSA) is 8.17 Å². The molecule has 0 bridgehead atoms. The third kappa shape index (κ3) is 5.72. The van der Waals surface area contributed by atoms with E-state index in [-0.39, 0.29) is 0 Å². The summed E-state index contributed by atoms with van der Waals surface area (Å²) in [6, 6.07) is 93.3. The highest BCUT2D eigenvalue weighted by molar-refractivity contribution is 6.16. The van der Waals surface area contributed by atoms with Crippen LogP contribution < -0.4 is 4.90 Å². The van der Waals surface area contributed by atoms with Crippen LogP contribution in [0.5, 0.6) is 0 Å². The van der Waals surface area contributed by atoms with E-state index >= 15 is 0 Å². The Morgan fingerprint density at radius 1 is 0.349 bits per heavy atom. The van der Waals surface area contributed by atoms with E-state index < -0.39 is 5.41 Å². The average molecular weight is 803 g/mol. The van der Waals surface area contributed by atoms with E-state index in [9.17, 15) is 0 Å². The second kappa shape index (κ2) is 15.1. The summed E-state index contributed by atoms with van der Waals surface area (Å²) in [5, 5.41) is 2.46. The first-order valence-corrected chi connectivity index (χ1v) is 21.8. The fourth-order valence-electron chi connectivity index (χ4n) is 10.5. The molecule has 1 heterocycles. The van der Waals surface area contributed by atoms with Gasteiger partial charge in [-0.1, -0.05) is 212 Å². The Bertz CT molecular complexity index is 3390. The molecule has 0 amide bonds. The van der Waals surface area contributed by atoms with Gasteiger partial charge in [-0.25, -0.2) is 0 Å². The van der Waals surface area contributed by atoms with Crippen molar-refractivity contribution in [3.05, 3.63) is 277 Å². The summed E-state index contributed by atoms with van der Waals surface area (Å²) in [5.74, 6) is 0. The van der Waals surface area contributed by atoms with Gasteiger partial charge in [0, 0.05) is 33.3 Å². The van der Waals surface area contributed by atoms with E-state index in [1.807, 2.05) is 0 Å². The molecule has 1 aliphatic carbocycles. The highest BCUT2D eigenvalue weighted by atomic mass is 15.2. The first-order chi connectivity index (χ1) is 31.3. The van der Waals surface area contributed by atoms with E-state index in [1.165, 1.54) is 66.4 Å². The Kier molecular flexibility index (Phi) is 8.76. The van der Waals surface area contributed by atoms with Crippen molar-refractivity contribution < 1.29 is 0 Å². The van der Waals surface area contributed by atoms with Crippen LogP contribution in [-0.2, 0) is 5.41 Å². The Balaban J connectivity index is 1.19. The van der Waals surface area contributed by atoms with Crippen LogP contribution in [0.15, 0.2) is 255 Å². The number of nitrogens with zero attached hydrogens (tertiary/aromatic N) is 2. The van der Waals surface area contributed by atoms with Gasteiger partial charge < -0.3 is 9.47 Å². The molecule has 0 saturated heterocycles. The molecule has 0 unspecified atom stereocenters. The number of benzene rings is 10. The van der Waals surface area contributed by atoms with Gasteiger partial charge in [-0.2, -0.15) is 0 Å². The summed E-state index contributed by atoms with van der Waals surface area (Å²) in [6.45, 7) is 0. The minimum atomic E-state index is -0.535. The fourth-order valence-corrected chi connectivity index (χ4v) is 10.5. The van der Waals surface area contributed by atoms with E-state index in [4.69, 9.17) is 0 Å². The van der Waals surface area contributed by atoms with Gasteiger partial charge in [0.05, 0.1) is 27.8 Å². The highest BCUT2D eigenvalue weighted by Crippen LogP contribution is 2.60. The van der Waals surface area contributed by atoms with Gasteiger partial charge in [-0.3, -0.25) is 0 Å². The van der Waals surface area contributed by atoms with Crippen LogP contribution in [-0.4, -0.2) is 4.57 Å². The van der Waals surface area contributed by atoms with Crippen LogP contribution in [0, 0.1) is 0 Å². The first-order valence-electron chi connectivity index (χ1n) is 21.8. The summed E-state index contributed by atoms with van der Waals surface area (Å²) >= 11 is 0. The minimum Gasteiger partial charge on any atom is -0.309 e. The van der Waals surface area contributed by atoms with Crippen molar-refractivity contribution in [1.29, 1.82) is 0 Å². The molecule has 12 rings (SSSR count). The van der Waals surface area contributed by atoms with Crippen LogP contribution in [0.1, 0.15) is 22.3 Å². The monoisotopic (exact) mass is 802 g/mol. The molecule has 0 saturated carbocycles. The average Bonchev–Trinajstić information content (AvgIpc) is 3.87. The summed E-state index contributed by atoms with van der Waals surface area (Å²) in [5.41, 5.74) is 18.5. The summed E-state index contributed by atoms with van der Waals surface area (Å²) < 4.78 is 2.45. The van der Waals surface area contributed by atoms with Crippen LogP contribution in [0.2, 0.25) is 0 Å². The van der Waals surface area contributed by atoms with E-state index in [0.717, 1.165) is 33.8 Å². The third-order valence-corrected chi connectivity index (χ3v) is 13.1. The maximum Gasteiger partial charge on any atom is 0.0714 e. The van der Waals surface area contributed by atoms with E-state index in [1.54, 1.807) is 0 Å². The molecule has 1 aliphatic rings. The molecule has 0 N–H and O–H groups in total. The quantitative estimate of drug-likeness (QED) is 0.149. The summed E-state index contributed by atoms with van der Waals surface area (Å²) in [4.78, 5) is 2.52. The van der Waals surface area contributed by atoms with Crippen LogP contribution in [0.25, 0.3) is 60.9 Å². The van der Waals surface area contributed by atoms with Gasteiger partial charge >= 0.3 is 0 Å². The first kappa shape index (κ1) is 36.6. The molecular formula is C61H42N2. The van der Waals surface area contributed by atoms with Crippen molar-refractivity contribution in [2.75, 3.05) is 4.90 Å². The lowest BCUT2D eigenvalue weighted by Crippen LogP contribution is -2.28. The van der Waals surface area contributed by atoms with Gasteiger partial charge in [0.15, 0.2) is 0 Å². The van der Waals surface area contributed by atoms with Crippen molar-refractivity contribution in [2.24, 2.45) is 0 Å². The van der Waals surface area contributed by atoms with Crippen LogP contribution in [0.3, 0.4) is 0 Å². The molecule has 0 radical (unpaired) electrons. The normalized spacial score (nSPS) is 12.6. The SMILES string of the molecule is c1ccc(-c2ccccc2N(c2ccc3c4c(-c5ccccc5)cccc4n(-c4ccccc4)c3c2)c2cccc3c2-c2ccccc2C3(c2ccccc2)c2ccccc2)cc1. The molecule has 0 fully saturated rings. The number of anilines is 3. The largest absolute Gasteiger partial charge is 0.309 e. The molecule has 10 aromatic carbocycles. The molecule has 1 aromatic heterocycles. The van der Waals surface area contributed by atoms with Gasteiger partial charge in [-0.15, -0.1) is 0 Å². The molecular weight excluding hydrogens is 761 g/mol. The van der Waals surface area contributed by atoms with Crippen LogP contribution >= 0.6 is 0 Å². The summed E-state index contributed by atoms with van der Waals surface area (Å²) in [7, 11) is 0. The van der Waals surface area contributed by atoms with Crippen molar-refractivity contribution in [1.82, 2.24) is 4.57 Å². The smallest absolute Gasteiger partial charge is 0.0714 e. The number of hydrogen-bond acceptors (Lipinski definition) is 1. The van der Waals surface area contributed by atoms with Crippen molar-refractivity contribution in [3.63, 3.8) is 0 Å². The highest BCUT2D eigenvalue weighted by Gasteiger charge is 2.47. The predicted octanol–water partition coefficient (Wildman–Crippen LogP) is 16.0. The summed E-state index contributed by atoms with van der Waals surface area (Å²) in [6.07, 6.45) is 0. The Hall–Kier alpha value is -8.20. The lowest BCUT2D eigenvalue weighted by molar-refractivity contribution is 0.768. The zero-order valence-electron chi connectivity index (χ0n) is 34.6. The number of para-hydroxylation sites is 2. The van der Waals surface area contributed by atoms with Gasteiger partial charge in [0.25, 0.3) is 0 Å². The zero-order valence-corrected chi connectivity index (χ0v) is 34.6. The van der Waals surface area contributed by atoms with Crippen LogP contribution in [0.4, 0.5) is 17.1 Å². The van der Waals surface area contributed by atoms with Crippen molar-refractivity contribution in [3.8, 4) is 39.1 Å². The van der Waals surface area contributed by atoms with Crippen molar-refractivity contribution >= 4 is 38.9 Å². The third-order valence-electron chi connectivity index (χ3n) is 13.1. The molecule has 11 aromatic rings. The zero-order chi connectivity index (χ0) is 41.7. The Morgan fingerprint density at radius 3 is 1.54 bits per heavy atom. The molecule has 0 spiro atoms. The standard InChI is InChI=1S/C61H42N2/c1-6-22-43(23-7-1)49-32-17-19-37-55(49)63(48-40-41-52-58(42-48)62(47-30-14-5-15-31-47)56-38-20-34-50(59(52)56)44-24-8-2-9-25-44)57-39-21-36-54-60(57)51-33-16-18-35-53(51)61(54,45-26-10-3-11-27-45)46-28-12-4-13-29-46/h1-42H. The number of rotatable bonds is 8. The minimum absolute atomic E-state index is 0.535. The predicted molar refractivity (Wildman–Crippen MR) is 264 cm³/mol. The van der Waals surface area contributed by atoms with Gasteiger partial charge in [-0.05, 0) is 87.0 Å². The lowest BCUT2D eigenvalue weighted by Gasteiger charge is -2.34. The Labute approximate surface area is 368 Å². The number of aromatic nitrogens is 1. The van der Waals surface area contributed by atoms with Crippen molar-refractivity contribution in [2.45, 2.75) is 5.41 Å². The molecule has 0 atom stereocenters. The van der Waals surface area contributed by atoms with Gasteiger partial charge in [0.2, 0.25) is 0 Å². The fraction of sp³-hybridized carbons (Fsp3) is 0.0164. The van der Waals surface area contributed by atoms with E-state index in [2.05, 4.69) is 264 Å². The second-order valence-electron chi connectivity index (χ2n) is 16.4. The molecule has 2 heteroatoms. The Morgan fingerprint density at radius 2 is 0.857 bits per heavy atom. The van der Waals surface area contributed by atoms with E-state index in [0.29, 0.717) is 0 Å². The molecule has 0 aliphatic heterocycles. The number of hydrogen-bond donors (Lipinski definition) is 0. The maximum atomic E-state index is 2.52.